The van der Waals surface area contributed by atoms with Crippen LogP contribution in [0.2, 0.25) is 5.02 Å². The van der Waals surface area contributed by atoms with Crippen LogP contribution >= 0.6 is 23.8 Å². The maximum absolute atomic E-state index is 5.96. The lowest BCUT2D eigenvalue weighted by atomic mass is 10.1. The van der Waals surface area contributed by atoms with Crippen molar-refractivity contribution in [2.45, 2.75) is 13.3 Å². The molecule has 12 heavy (non-hydrogen) atoms. The van der Waals surface area contributed by atoms with E-state index in [0.29, 0.717) is 11.4 Å². The molecule has 0 aliphatic rings. The van der Waals surface area contributed by atoms with Crippen LogP contribution in [-0.4, -0.2) is 4.99 Å². The quantitative estimate of drug-likeness (QED) is 0.741. The van der Waals surface area contributed by atoms with Gasteiger partial charge in [0.15, 0.2) is 0 Å². The summed E-state index contributed by atoms with van der Waals surface area (Å²) in [4.78, 5) is 0.473. The molecule has 0 bridgehead atoms. The molecule has 0 spiro atoms. The van der Waals surface area contributed by atoms with Crippen molar-refractivity contribution >= 4 is 28.8 Å². The largest absolute Gasteiger partial charge is 0.393 e. The fraction of sp³-hybridized carbons (Fsp3) is 0.222. The van der Waals surface area contributed by atoms with E-state index in [2.05, 4.69) is 0 Å². The molecule has 1 aromatic carbocycles. The number of benzene rings is 1. The number of thiocarbonyl (C=S) groups is 1. The highest BCUT2D eigenvalue weighted by molar-refractivity contribution is 7.80. The third-order valence-electron chi connectivity index (χ3n) is 1.57. The molecule has 64 valence electrons. The van der Waals surface area contributed by atoms with Gasteiger partial charge in [-0.15, -0.1) is 0 Å². The van der Waals surface area contributed by atoms with E-state index >= 15 is 0 Å². The maximum atomic E-state index is 5.96. The van der Waals surface area contributed by atoms with Crippen molar-refractivity contribution in [3.63, 3.8) is 0 Å². The third-order valence-corrected chi connectivity index (χ3v) is 2.07. The van der Waals surface area contributed by atoms with Gasteiger partial charge in [-0.3, -0.25) is 0 Å². The molecule has 0 saturated heterocycles. The Labute approximate surface area is 82.5 Å². The molecule has 2 N–H and O–H groups in total. The molecule has 0 aliphatic heterocycles. The van der Waals surface area contributed by atoms with E-state index in [1.807, 2.05) is 25.1 Å². The Morgan fingerprint density at radius 2 is 2.25 bits per heavy atom. The predicted molar refractivity (Wildman–Crippen MR) is 56.7 cm³/mol. The first-order valence-corrected chi connectivity index (χ1v) is 4.41. The van der Waals surface area contributed by atoms with E-state index in [0.717, 1.165) is 16.1 Å². The smallest absolute Gasteiger partial charge is 0.0772 e. The lowest BCUT2D eigenvalue weighted by Gasteiger charge is -2.03. The van der Waals surface area contributed by atoms with Crippen molar-refractivity contribution in [1.29, 1.82) is 0 Å². The first-order chi connectivity index (χ1) is 5.59. The number of rotatable bonds is 2. The average molecular weight is 200 g/mol. The monoisotopic (exact) mass is 199 g/mol. The molecule has 0 aromatic heterocycles. The van der Waals surface area contributed by atoms with Crippen molar-refractivity contribution in [2.75, 3.05) is 0 Å². The second-order valence-corrected chi connectivity index (χ2v) is 3.67. The van der Waals surface area contributed by atoms with Crippen LogP contribution in [0.25, 0.3) is 0 Å². The van der Waals surface area contributed by atoms with Gasteiger partial charge >= 0.3 is 0 Å². The summed E-state index contributed by atoms with van der Waals surface area (Å²) >= 11 is 10.7. The van der Waals surface area contributed by atoms with Gasteiger partial charge in [0.25, 0.3) is 0 Å². The van der Waals surface area contributed by atoms with Crippen LogP contribution < -0.4 is 5.73 Å². The zero-order chi connectivity index (χ0) is 9.14. The van der Waals surface area contributed by atoms with Crippen molar-refractivity contribution in [2.24, 2.45) is 5.73 Å². The standard InChI is InChI=1S/C9H10ClNS/c1-6-2-3-7(5-9(11)12)8(10)4-6/h2-4H,5H2,1H3,(H2,11,12). The molecule has 1 rings (SSSR count). The summed E-state index contributed by atoms with van der Waals surface area (Å²) in [5.41, 5.74) is 7.54. The summed E-state index contributed by atoms with van der Waals surface area (Å²) in [5.74, 6) is 0. The molecule has 3 heteroatoms. The highest BCUT2D eigenvalue weighted by Crippen LogP contribution is 2.17. The topological polar surface area (TPSA) is 26.0 Å². The molecule has 0 radical (unpaired) electrons. The van der Waals surface area contributed by atoms with Crippen LogP contribution in [0.5, 0.6) is 0 Å². The molecule has 0 saturated carbocycles. The molecule has 0 heterocycles. The van der Waals surface area contributed by atoms with Gasteiger partial charge in [0.2, 0.25) is 0 Å². The number of halogens is 1. The number of hydrogen-bond acceptors (Lipinski definition) is 1. The molecular formula is C9H10ClNS. The summed E-state index contributed by atoms with van der Waals surface area (Å²) in [6.45, 7) is 2.00. The fourth-order valence-corrected chi connectivity index (χ4v) is 1.44. The van der Waals surface area contributed by atoms with Crippen LogP contribution in [0.1, 0.15) is 11.1 Å². The van der Waals surface area contributed by atoms with Crippen molar-refractivity contribution in [1.82, 2.24) is 0 Å². The maximum Gasteiger partial charge on any atom is 0.0772 e. The predicted octanol–water partition coefficient (Wildman–Crippen LogP) is 2.48. The molecular weight excluding hydrogens is 190 g/mol. The first kappa shape index (κ1) is 9.49. The SMILES string of the molecule is Cc1ccc(CC(N)=S)c(Cl)c1. The Morgan fingerprint density at radius 3 is 2.75 bits per heavy atom. The van der Waals surface area contributed by atoms with Crippen LogP contribution in [0.3, 0.4) is 0 Å². The van der Waals surface area contributed by atoms with Crippen LogP contribution in [-0.2, 0) is 6.42 Å². The van der Waals surface area contributed by atoms with Gasteiger partial charge in [0.05, 0.1) is 4.99 Å². The van der Waals surface area contributed by atoms with Gasteiger partial charge in [-0.2, -0.15) is 0 Å². The molecule has 0 unspecified atom stereocenters. The Hall–Kier alpha value is -0.600. The van der Waals surface area contributed by atoms with E-state index in [4.69, 9.17) is 29.6 Å². The molecule has 0 amide bonds. The second-order valence-electron chi connectivity index (χ2n) is 2.74. The summed E-state index contributed by atoms with van der Waals surface area (Å²) in [7, 11) is 0. The van der Waals surface area contributed by atoms with E-state index in [1.165, 1.54) is 0 Å². The Balaban J connectivity index is 2.93. The zero-order valence-corrected chi connectivity index (χ0v) is 8.38. The third kappa shape index (κ3) is 2.47. The Morgan fingerprint density at radius 1 is 1.58 bits per heavy atom. The van der Waals surface area contributed by atoms with E-state index in [1.54, 1.807) is 0 Å². The van der Waals surface area contributed by atoms with Gasteiger partial charge < -0.3 is 5.73 Å². The number of nitrogens with two attached hydrogens (primary N) is 1. The summed E-state index contributed by atoms with van der Waals surface area (Å²) < 4.78 is 0. The van der Waals surface area contributed by atoms with Crippen molar-refractivity contribution < 1.29 is 0 Å². The first-order valence-electron chi connectivity index (χ1n) is 3.63. The molecule has 0 atom stereocenters. The van der Waals surface area contributed by atoms with Gasteiger partial charge in [0, 0.05) is 11.4 Å². The minimum atomic E-state index is 0.473. The normalized spacial score (nSPS) is 9.83. The van der Waals surface area contributed by atoms with Gasteiger partial charge in [-0.05, 0) is 24.1 Å². The summed E-state index contributed by atoms with van der Waals surface area (Å²) in [5, 5.41) is 0.739. The Bertz CT molecular complexity index is 309. The van der Waals surface area contributed by atoms with E-state index in [-0.39, 0.29) is 0 Å². The summed E-state index contributed by atoms with van der Waals surface area (Å²) in [6, 6.07) is 5.87. The van der Waals surface area contributed by atoms with Gasteiger partial charge in [0.1, 0.15) is 0 Å². The lowest BCUT2D eigenvalue weighted by molar-refractivity contribution is 1.31. The molecule has 1 aromatic rings. The number of hydrogen-bond donors (Lipinski definition) is 1. The van der Waals surface area contributed by atoms with Crippen LogP contribution in [0, 0.1) is 6.92 Å². The summed E-state index contributed by atoms with van der Waals surface area (Å²) in [6.07, 6.45) is 0.578. The Kier molecular flexibility index (Phi) is 3.06. The minimum absolute atomic E-state index is 0.473. The van der Waals surface area contributed by atoms with E-state index < -0.39 is 0 Å². The minimum Gasteiger partial charge on any atom is -0.393 e. The van der Waals surface area contributed by atoms with Crippen molar-refractivity contribution in [3.8, 4) is 0 Å². The van der Waals surface area contributed by atoms with E-state index in [9.17, 15) is 0 Å². The number of aryl methyl sites for hydroxylation is 1. The molecule has 1 nitrogen and oxygen atoms in total. The van der Waals surface area contributed by atoms with Crippen LogP contribution in [0.4, 0.5) is 0 Å². The second kappa shape index (κ2) is 3.87. The van der Waals surface area contributed by atoms with Crippen LogP contribution in [0.15, 0.2) is 18.2 Å². The van der Waals surface area contributed by atoms with Gasteiger partial charge in [-0.1, -0.05) is 36.0 Å². The highest BCUT2D eigenvalue weighted by atomic mass is 35.5. The van der Waals surface area contributed by atoms with Crippen molar-refractivity contribution in [3.05, 3.63) is 34.3 Å². The zero-order valence-electron chi connectivity index (χ0n) is 6.80. The van der Waals surface area contributed by atoms with Gasteiger partial charge in [-0.25, -0.2) is 0 Å². The molecule has 0 fully saturated rings. The highest BCUT2D eigenvalue weighted by Gasteiger charge is 2.00. The fourth-order valence-electron chi connectivity index (χ4n) is 0.983. The lowest BCUT2D eigenvalue weighted by Crippen LogP contribution is -2.11. The molecule has 0 aliphatic carbocycles. The average Bonchev–Trinajstić information content (AvgIpc) is 1.94.